The first kappa shape index (κ1) is 71.2. The van der Waals surface area contributed by atoms with E-state index in [9.17, 15) is 9.59 Å². The average Bonchev–Trinajstić information content (AvgIpc) is 1.61. The minimum absolute atomic E-state index is 0. The van der Waals surface area contributed by atoms with Crippen LogP contribution >= 0.6 is 23.2 Å². The molecule has 6 N–H and O–H groups in total. The molecule has 8 bridgehead atoms. The number of H-pyrrole nitrogens is 2. The van der Waals surface area contributed by atoms with E-state index in [2.05, 4.69) is 163 Å². The van der Waals surface area contributed by atoms with Crippen molar-refractivity contribution in [2.45, 2.75) is 64.2 Å². The van der Waals surface area contributed by atoms with Gasteiger partial charge in [0.1, 0.15) is 25.6 Å². The van der Waals surface area contributed by atoms with E-state index in [4.69, 9.17) is 42.6 Å². The van der Waals surface area contributed by atoms with Crippen LogP contribution in [0.25, 0.3) is 113 Å². The van der Waals surface area contributed by atoms with Crippen LogP contribution < -0.4 is 64.7 Å². The van der Waals surface area contributed by atoms with E-state index in [1.165, 1.54) is 0 Å². The monoisotopic (exact) mass is 1410 g/mol. The number of rotatable bonds is 28. The van der Waals surface area contributed by atoms with Crippen LogP contribution in [0.2, 0.25) is 10.0 Å². The summed E-state index contributed by atoms with van der Waals surface area (Å²) in [5, 5.41) is 16.6. The molecule has 0 radical (unpaired) electrons. The lowest BCUT2D eigenvalue weighted by molar-refractivity contribution is -0.671. The molecule has 13 rings (SSSR count). The maximum atomic E-state index is 12.8. The SMILES string of the molecule is C[n+]1ccc(-c2c3nc(c(-c4ccc(OCCCCC(=O)NCCCCNc5ccnc6cc(Cl)ccc56)cc4)c4ccc([nH]4)c(-c4ccc(OCCCCC(=O)NCCCCNc5ccnc6cc(Cl)ccc56)cc4)c4nc(c(-c5cc[n+](C)cc5)c5ccc2[nH]5)C=C4)C=C3)cc1.[Cl-].[Cl-]. The number of nitrogens with zero attached hydrogens (tertiary/aromatic N) is 6. The molecule has 0 unspecified atom stereocenters. The van der Waals surface area contributed by atoms with Crippen molar-refractivity contribution in [2.75, 3.05) is 50.0 Å². The van der Waals surface area contributed by atoms with E-state index in [-0.39, 0.29) is 36.6 Å². The number of fused-ring (bicyclic) bond motifs is 10. The number of anilines is 2. The van der Waals surface area contributed by atoms with Crippen molar-refractivity contribution in [2.24, 2.45) is 14.1 Å². The number of ether oxygens (including phenoxy) is 2. The van der Waals surface area contributed by atoms with Crippen molar-refractivity contribution < 1.29 is 53.0 Å². The van der Waals surface area contributed by atoms with Crippen LogP contribution in [0.3, 0.4) is 0 Å². The number of amides is 2. The van der Waals surface area contributed by atoms with Crippen molar-refractivity contribution in [1.29, 1.82) is 0 Å². The molecule has 16 nitrogen and oxygen atoms in total. The van der Waals surface area contributed by atoms with E-state index in [0.717, 1.165) is 186 Å². The molecule has 4 aromatic carbocycles. The van der Waals surface area contributed by atoms with E-state index in [1.807, 2.05) is 96.0 Å². The quantitative estimate of drug-likeness (QED) is 0.0203. The van der Waals surface area contributed by atoms with Crippen LogP contribution in [0.15, 0.2) is 183 Å². The molecule has 2 amide bonds. The molecule has 0 fully saturated rings. The van der Waals surface area contributed by atoms with Crippen LogP contribution in [-0.4, -0.2) is 81.1 Å². The van der Waals surface area contributed by atoms with Gasteiger partial charge in [-0.2, -0.15) is 0 Å². The summed E-state index contributed by atoms with van der Waals surface area (Å²) in [6.07, 6.45) is 27.6. The van der Waals surface area contributed by atoms with Crippen molar-refractivity contribution in [3.63, 3.8) is 0 Å². The zero-order valence-electron chi connectivity index (χ0n) is 55.8. The molecular formula is C80H78Cl4N12O4. The van der Waals surface area contributed by atoms with Gasteiger partial charge in [0.15, 0.2) is 24.8 Å². The lowest BCUT2D eigenvalue weighted by Gasteiger charge is -2.10. The molecule has 9 heterocycles. The van der Waals surface area contributed by atoms with Gasteiger partial charge in [-0.3, -0.25) is 19.6 Å². The summed E-state index contributed by atoms with van der Waals surface area (Å²) in [5.41, 5.74) is 18.3. The molecule has 2 aliphatic rings. The topological polar surface area (TPSA) is 192 Å². The predicted molar refractivity (Wildman–Crippen MR) is 397 cm³/mol. The number of aryl methyl sites for hydroxylation is 2. The lowest BCUT2D eigenvalue weighted by Crippen LogP contribution is -3.00. The molecule has 7 aromatic heterocycles. The summed E-state index contributed by atoms with van der Waals surface area (Å²) >= 11 is 12.4. The number of halogens is 4. The Hall–Kier alpha value is -10.1. The first-order valence-electron chi connectivity index (χ1n) is 33.7. The molecule has 100 heavy (non-hydrogen) atoms. The number of unbranched alkanes of at least 4 members (excludes halogenated alkanes) is 4. The maximum Gasteiger partial charge on any atom is 0.219 e. The second kappa shape index (κ2) is 34.1. The third kappa shape index (κ3) is 17.7. The average molecular weight is 1410 g/mol. The van der Waals surface area contributed by atoms with Gasteiger partial charge in [0.25, 0.3) is 0 Å². The van der Waals surface area contributed by atoms with Crippen LogP contribution in [0.1, 0.15) is 87.0 Å². The van der Waals surface area contributed by atoms with E-state index >= 15 is 0 Å². The van der Waals surface area contributed by atoms with Crippen molar-refractivity contribution in [1.82, 2.24) is 40.5 Å². The Morgan fingerprint density at radius 1 is 0.420 bits per heavy atom. The normalized spacial score (nSPS) is 11.5. The van der Waals surface area contributed by atoms with Crippen molar-refractivity contribution in [3.05, 3.63) is 216 Å². The van der Waals surface area contributed by atoms with Gasteiger partial charge in [-0.25, -0.2) is 19.1 Å². The Morgan fingerprint density at radius 3 is 1.14 bits per heavy atom. The molecular weight excluding hydrogens is 1330 g/mol. The summed E-state index contributed by atoms with van der Waals surface area (Å²) in [6.45, 7) is 3.78. The number of pyridine rings is 4. The largest absolute Gasteiger partial charge is 1.00 e. The zero-order valence-corrected chi connectivity index (χ0v) is 58.8. The molecule has 510 valence electrons. The Bertz CT molecular complexity index is 4620. The highest BCUT2D eigenvalue weighted by molar-refractivity contribution is 6.31. The molecule has 0 spiro atoms. The van der Waals surface area contributed by atoms with Crippen LogP contribution in [0.4, 0.5) is 11.4 Å². The fourth-order valence-corrected chi connectivity index (χ4v) is 12.8. The van der Waals surface area contributed by atoms with E-state index in [1.54, 1.807) is 12.4 Å². The van der Waals surface area contributed by atoms with Gasteiger partial charge >= 0.3 is 0 Å². The number of nitrogens with one attached hydrogen (secondary N) is 6. The van der Waals surface area contributed by atoms with Crippen molar-refractivity contribution >= 4 is 115 Å². The maximum absolute atomic E-state index is 12.8. The molecule has 0 atom stereocenters. The zero-order chi connectivity index (χ0) is 67.2. The third-order valence-corrected chi connectivity index (χ3v) is 18.1. The Balaban J connectivity index is 0.00000504. The molecule has 2 aliphatic heterocycles. The number of aromatic nitrogens is 8. The second-order valence-corrected chi connectivity index (χ2v) is 25.5. The fourth-order valence-electron chi connectivity index (χ4n) is 12.5. The van der Waals surface area contributed by atoms with Crippen LogP contribution in [0, 0.1) is 0 Å². The smallest absolute Gasteiger partial charge is 0.219 e. The van der Waals surface area contributed by atoms with Crippen LogP contribution in [0.5, 0.6) is 11.5 Å². The predicted octanol–water partition coefficient (Wildman–Crippen LogP) is 10.5. The highest BCUT2D eigenvalue weighted by atomic mass is 35.5. The molecule has 0 aliphatic carbocycles. The van der Waals surface area contributed by atoms with Gasteiger partial charge in [0.05, 0.1) is 47.0 Å². The van der Waals surface area contributed by atoms with Gasteiger partial charge in [-0.1, -0.05) is 47.5 Å². The Kier molecular flexibility index (Phi) is 24.3. The summed E-state index contributed by atoms with van der Waals surface area (Å²) in [5.74, 6) is 1.58. The van der Waals surface area contributed by atoms with Gasteiger partial charge in [-0.15, -0.1) is 0 Å². The molecule has 20 heteroatoms. The first-order chi connectivity index (χ1) is 48.0. The fraction of sp³-hybridized carbons (Fsp3) is 0.225. The summed E-state index contributed by atoms with van der Waals surface area (Å²) in [6, 6.07) is 48.8. The number of aromatic amines is 2. The van der Waals surface area contributed by atoms with Crippen LogP contribution in [-0.2, 0) is 23.7 Å². The lowest BCUT2D eigenvalue weighted by atomic mass is 10.0. The Labute approximate surface area is 604 Å². The highest BCUT2D eigenvalue weighted by Crippen LogP contribution is 2.39. The number of benzene rings is 4. The molecule has 0 saturated carbocycles. The van der Waals surface area contributed by atoms with E-state index < -0.39 is 0 Å². The van der Waals surface area contributed by atoms with Gasteiger partial charge in [0, 0.05) is 152 Å². The van der Waals surface area contributed by atoms with Gasteiger partial charge < -0.3 is 65.5 Å². The summed E-state index contributed by atoms with van der Waals surface area (Å²) < 4.78 is 16.7. The number of hydrogen-bond acceptors (Lipinski definition) is 10. The summed E-state index contributed by atoms with van der Waals surface area (Å²) in [7, 11) is 4.04. The number of carbonyl (C=O) groups excluding carboxylic acids is 2. The summed E-state index contributed by atoms with van der Waals surface area (Å²) in [4.78, 5) is 53.2. The number of hydrogen-bond donors (Lipinski definition) is 6. The third-order valence-electron chi connectivity index (χ3n) is 17.6. The molecule has 11 aromatic rings. The molecule has 0 saturated heterocycles. The minimum Gasteiger partial charge on any atom is -1.00 e. The van der Waals surface area contributed by atoms with E-state index in [0.29, 0.717) is 62.0 Å². The second-order valence-electron chi connectivity index (χ2n) is 24.7. The van der Waals surface area contributed by atoms with Crippen molar-refractivity contribution in [3.8, 4) is 56.0 Å². The number of carbonyl (C=O) groups is 2. The standard InChI is InChI=1S/C80H76Cl2N12O4.2ClH/c1-93-45-35-55(36-46-93)79-69-29-27-67(90-69)77(53-13-19-59(20-14-53)97-49-9-3-11-75(95)87-41-7-5-39-83-63-33-43-85-73-51-57(81)17-23-61(63)73)65-25-26-66(89-65)78(68-28-30-70(91-68)80(72-32-31-71(79)92-72)56-37-47-94(2)48-38-56)54-15-21-60(22-16-54)98-50-10-4-12-76(96)88-42-8-6-40-84-64-34-44-86-74-52-58(82)18-24-62(64)74;;/h13-38,43-48,51-52H,3-12,39-42,49-50H2,1-2H3,(H4-,83,84,85,86,87,88,89,90,91,92,95,96);2*1H. The minimum atomic E-state index is 0. The highest BCUT2D eigenvalue weighted by Gasteiger charge is 2.21. The van der Waals surface area contributed by atoms with Gasteiger partial charge in [0.2, 0.25) is 11.8 Å². The Morgan fingerprint density at radius 2 is 0.770 bits per heavy atom. The van der Waals surface area contributed by atoms with Gasteiger partial charge in [-0.05, 0) is 195 Å². The first-order valence-corrected chi connectivity index (χ1v) is 34.4.